The van der Waals surface area contributed by atoms with Gasteiger partial charge in [0, 0.05) is 31.2 Å². The van der Waals surface area contributed by atoms with Gasteiger partial charge in [0.05, 0.1) is 5.56 Å². The second-order valence-corrected chi connectivity index (χ2v) is 6.77. The molecule has 3 rings (SSSR count). The first-order valence-electron chi connectivity index (χ1n) is 9.50. The molecular formula is C23H25N3O2. The van der Waals surface area contributed by atoms with E-state index in [0.29, 0.717) is 30.5 Å². The van der Waals surface area contributed by atoms with Gasteiger partial charge in [-0.15, -0.1) is 0 Å². The third-order valence-electron chi connectivity index (χ3n) is 4.72. The van der Waals surface area contributed by atoms with E-state index in [2.05, 4.69) is 53.4 Å². The van der Waals surface area contributed by atoms with Crippen molar-refractivity contribution in [2.45, 2.75) is 39.3 Å². The Bertz CT molecular complexity index is 878. The van der Waals surface area contributed by atoms with Crippen molar-refractivity contribution in [3.8, 4) is 5.88 Å². The van der Waals surface area contributed by atoms with Gasteiger partial charge in [-0.25, -0.2) is 4.98 Å². The molecule has 0 saturated heterocycles. The zero-order valence-electron chi connectivity index (χ0n) is 16.3. The number of amides is 1. The number of hydrogen-bond acceptors (Lipinski definition) is 4. The summed E-state index contributed by atoms with van der Waals surface area (Å²) in [6.45, 7) is 5.29. The molecule has 1 atom stereocenters. The summed E-state index contributed by atoms with van der Waals surface area (Å²) in [5, 5.41) is 2.85. The number of nitrogens with zero attached hydrogens (tertiary/aromatic N) is 2. The standard InChI is InChI=1S/C23H25N3O2/c1-3-17(2)20-8-6-18(7-9-20)16-28-22-11-10-21(15-25-22)23(27)26-14-19-5-4-12-24-13-19/h4-13,15,17H,3,14,16H2,1-2H3,(H,26,27). The first-order chi connectivity index (χ1) is 13.7. The van der Waals surface area contributed by atoms with Crippen molar-refractivity contribution in [1.82, 2.24) is 15.3 Å². The van der Waals surface area contributed by atoms with E-state index >= 15 is 0 Å². The van der Waals surface area contributed by atoms with Crippen LogP contribution in [0.5, 0.6) is 5.88 Å². The summed E-state index contributed by atoms with van der Waals surface area (Å²) in [4.78, 5) is 20.5. The summed E-state index contributed by atoms with van der Waals surface area (Å²) in [6.07, 6.45) is 6.08. The Kier molecular flexibility index (Phi) is 6.73. The Balaban J connectivity index is 1.50. The smallest absolute Gasteiger partial charge is 0.253 e. The zero-order valence-corrected chi connectivity index (χ0v) is 16.3. The molecule has 1 unspecified atom stereocenters. The highest BCUT2D eigenvalue weighted by molar-refractivity contribution is 5.93. The lowest BCUT2D eigenvalue weighted by molar-refractivity contribution is 0.0950. The van der Waals surface area contributed by atoms with Gasteiger partial charge in [-0.3, -0.25) is 9.78 Å². The fraction of sp³-hybridized carbons (Fsp3) is 0.261. The van der Waals surface area contributed by atoms with Crippen LogP contribution in [0.3, 0.4) is 0 Å². The first kappa shape index (κ1) is 19.5. The molecule has 0 radical (unpaired) electrons. The quantitative estimate of drug-likeness (QED) is 0.630. The van der Waals surface area contributed by atoms with Crippen LogP contribution in [0.25, 0.3) is 0 Å². The Labute approximate surface area is 165 Å². The van der Waals surface area contributed by atoms with Crippen molar-refractivity contribution >= 4 is 5.91 Å². The SMILES string of the molecule is CCC(C)c1ccc(COc2ccc(C(=O)NCc3cccnc3)cn2)cc1. The van der Waals surface area contributed by atoms with Gasteiger partial charge in [0.25, 0.3) is 5.91 Å². The van der Waals surface area contributed by atoms with Gasteiger partial charge in [-0.1, -0.05) is 44.2 Å². The van der Waals surface area contributed by atoms with Crippen molar-refractivity contribution in [3.05, 3.63) is 89.4 Å². The molecule has 2 aromatic heterocycles. The molecule has 5 heteroatoms. The summed E-state index contributed by atoms with van der Waals surface area (Å²) in [6, 6.07) is 15.7. The van der Waals surface area contributed by atoms with E-state index in [1.807, 2.05) is 12.1 Å². The summed E-state index contributed by atoms with van der Waals surface area (Å²) >= 11 is 0. The maximum absolute atomic E-state index is 12.2. The summed E-state index contributed by atoms with van der Waals surface area (Å²) < 4.78 is 5.73. The lowest BCUT2D eigenvalue weighted by atomic mass is 9.98. The van der Waals surface area contributed by atoms with Crippen molar-refractivity contribution in [2.24, 2.45) is 0 Å². The van der Waals surface area contributed by atoms with Crippen molar-refractivity contribution in [2.75, 3.05) is 0 Å². The van der Waals surface area contributed by atoms with Crippen LogP contribution in [-0.2, 0) is 13.2 Å². The zero-order chi connectivity index (χ0) is 19.8. The van der Waals surface area contributed by atoms with E-state index in [-0.39, 0.29) is 5.91 Å². The van der Waals surface area contributed by atoms with Gasteiger partial charge in [0.15, 0.2) is 0 Å². The highest BCUT2D eigenvalue weighted by Gasteiger charge is 2.07. The third kappa shape index (κ3) is 5.39. The van der Waals surface area contributed by atoms with Gasteiger partial charge in [0.1, 0.15) is 6.61 Å². The van der Waals surface area contributed by atoms with Crippen molar-refractivity contribution in [3.63, 3.8) is 0 Å². The van der Waals surface area contributed by atoms with Crippen LogP contribution < -0.4 is 10.1 Å². The Hall–Kier alpha value is -3.21. The molecule has 28 heavy (non-hydrogen) atoms. The Morgan fingerprint density at radius 1 is 1.07 bits per heavy atom. The number of nitrogens with one attached hydrogen (secondary N) is 1. The van der Waals surface area contributed by atoms with Crippen molar-refractivity contribution < 1.29 is 9.53 Å². The minimum absolute atomic E-state index is 0.177. The minimum atomic E-state index is -0.177. The topological polar surface area (TPSA) is 64.1 Å². The number of ether oxygens (including phenoxy) is 1. The number of pyridine rings is 2. The molecule has 1 aromatic carbocycles. The molecule has 0 aliphatic heterocycles. The van der Waals surface area contributed by atoms with Crippen LogP contribution in [0.15, 0.2) is 67.1 Å². The maximum atomic E-state index is 12.2. The Morgan fingerprint density at radius 2 is 1.89 bits per heavy atom. The molecule has 1 amide bonds. The maximum Gasteiger partial charge on any atom is 0.253 e. The second-order valence-electron chi connectivity index (χ2n) is 6.77. The van der Waals surface area contributed by atoms with Crippen LogP contribution in [0, 0.1) is 0 Å². The highest BCUT2D eigenvalue weighted by Crippen LogP contribution is 2.19. The molecule has 144 valence electrons. The molecule has 0 spiro atoms. The van der Waals surface area contributed by atoms with Crippen LogP contribution >= 0.6 is 0 Å². The molecule has 0 aliphatic carbocycles. The summed E-state index contributed by atoms with van der Waals surface area (Å²) in [7, 11) is 0. The average Bonchev–Trinajstić information content (AvgIpc) is 2.77. The summed E-state index contributed by atoms with van der Waals surface area (Å²) in [5.41, 5.74) is 3.87. The fourth-order valence-corrected chi connectivity index (χ4v) is 2.72. The molecule has 2 heterocycles. The van der Waals surface area contributed by atoms with Crippen LogP contribution in [0.2, 0.25) is 0 Å². The second kappa shape index (κ2) is 9.65. The number of benzene rings is 1. The lowest BCUT2D eigenvalue weighted by Gasteiger charge is -2.10. The molecule has 0 saturated carbocycles. The Morgan fingerprint density at radius 3 is 2.54 bits per heavy atom. The minimum Gasteiger partial charge on any atom is -0.473 e. The first-order valence-corrected chi connectivity index (χ1v) is 9.50. The molecule has 5 nitrogen and oxygen atoms in total. The van der Waals surface area contributed by atoms with E-state index < -0.39 is 0 Å². The fourth-order valence-electron chi connectivity index (χ4n) is 2.72. The largest absolute Gasteiger partial charge is 0.473 e. The highest BCUT2D eigenvalue weighted by atomic mass is 16.5. The van der Waals surface area contributed by atoms with E-state index in [4.69, 9.17) is 4.74 Å². The predicted octanol–water partition coefficient (Wildman–Crippen LogP) is 4.50. The van der Waals surface area contributed by atoms with E-state index in [0.717, 1.165) is 17.5 Å². The van der Waals surface area contributed by atoms with Crippen LogP contribution in [-0.4, -0.2) is 15.9 Å². The molecule has 1 N–H and O–H groups in total. The molecule has 0 bridgehead atoms. The van der Waals surface area contributed by atoms with Gasteiger partial charge >= 0.3 is 0 Å². The number of carbonyl (C=O) groups is 1. The predicted molar refractivity (Wildman–Crippen MR) is 109 cm³/mol. The number of aromatic nitrogens is 2. The third-order valence-corrected chi connectivity index (χ3v) is 4.72. The summed E-state index contributed by atoms with van der Waals surface area (Å²) in [5.74, 6) is 0.881. The van der Waals surface area contributed by atoms with Gasteiger partial charge in [-0.05, 0) is 41.2 Å². The van der Waals surface area contributed by atoms with Gasteiger partial charge < -0.3 is 10.1 Å². The van der Waals surface area contributed by atoms with Crippen LogP contribution in [0.1, 0.15) is 53.2 Å². The lowest BCUT2D eigenvalue weighted by Crippen LogP contribution is -2.22. The number of hydrogen-bond donors (Lipinski definition) is 1. The van der Waals surface area contributed by atoms with Gasteiger partial charge in [-0.2, -0.15) is 0 Å². The van der Waals surface area contributed by atoms with Gasteiger partial charge in [0.2, 0.25) is 5.88 Å². The average molecular weight is 375 g/mol. The van der Waals surface area contributed by atoms with E-state index in [9.17, 15) is 4.79 Å². The monoisotopic (exact) mass is 375 g/mol. The number of rotatable bonds is 8. The molecule has 3 aromatic rings. The van der Waals surface area contributed by atoms with E-state index in [1.165, 1.54) is 11.8 Å². The number of carbonyl (C=O) groups excluding carboxylic acids is 1. The molecular weight excluding hydrogens is 350 g/mol. The van der Waals surface area contributed by atoms with Crippen molar-refractivity contribution in [1.29, 1.82) is 0 Å². The normalized spacial score (nSPS) is 11.6. The van der Waals surface area contributed by atoms with Crippen LogP contribution in [0.4, 0.5) is 0 Å². The molecule has 0 fully saturated rings. The molecule has 0 aliphatic rings. The van der Waals surface area contributed by atoms with E-state index in [1.54, 1.807) is 24.5 Å².